The van der Waals surface area contributed by atoms with Crippen LogP contribution in [0.4, 0.5) is 23.4 Å². The minimum atomic E-state index is -4.60. The van der Waals surface area contributed by atoms with E-state index in [4.69, 9.17) is 11.6 Å². The summed E-state index contributed by atoms with van der Waals surface area (Å²) in [5.41, 5.74) is 0.309. The summed E-state index contributed by atoms with van der Waals surface area (Å²) in [6, 6.07) is 2.43. The van der Waals surface area contributed by atoms with Gasteiger partial charge in [-0.2, -0.15) is 18.3 Å². The number of halogens is 5. The van der Waals surface area contributed by atoms with Gasteiger partial charge in [-0.05, 0) is 50.8 Å². The van der Waals surface area contributed by atoms with Crippen molar-refractivity contribution in [2.45, 2.75) is 69.9 Å². The van der Waals surface area contributed by atoms with E-state index < -0.39 is 30.0 Å². The van der Waals surface area contributed by atoms with Crippen LogP contribution in [0, 0.1) is 5.82 Å². The number of hydrogen-bond acceptors (Lipinski definition) is 3. The van der Waals surface area contributed by atoms with Crippen LogP contribution in [0.1, 0.15) is 67.7 Å². The van der Waals surface area contributed by atoms with E-state index in [1.807, 2.05) is 13.8 Å². The number of rotatable bonds is 2. The van der Waals surface area contributed by atoms with Gasteiger partial charge in [0.25, 0.3) is 5.91 Å². The second-order valence-corrected chi connectivity index (χ2v) is 8.72. The molecule has 10 heteroatoms. The molecule has 1 amide bonds. The van der Waals surface area contributed by atoms with E-state index in [-0.39, 0.29) is 35.0 Å². The molecule has 0 spiro atoms. The molecule has 0 saturated carbocycles. The van der Waals surface area contributed by atoms with Gasteiger partial charge in [0.2, 0.25) is 0 Å². The van der Waals surface area contributed by atoms with Crippen LogP contribution in [-0.4, -0.2) is 38.8 Å². The summed E-state index contributed by atoms with van der Waals surface area (Å²) in [5, 5.41) is 6.89. The maximum absolute atomic E-state index is 13.9. The molecular formula is C21H23ClF4N4O. The number of hydrogen-bond donors (Lipinski definition) is 1. The molecule has 31 heavy (non-hydrogen) atoms. The van der Waals surface area contributed by atoms with Gasteiger partial charge in [0, 0.05) is 18.5 Å². The number of alkyl halides is 3. The van der Waals surface area contributed by atoms with Crippen LogP contribution in [0.3, 0.4) is 0 Å². The molecule has 1 saturated heterocycles. The number of anilines is 1. The molecule has 4 rings (SSSR count). The van der Waals surface area contributed by atoms with Crippen LogP contribution >= 0.6 is 11.6 Å². The lowest BCUT2D eigenvalue weighted by Gasteiger charge is -2.38. The number of nitrogens with zero attached hydrogens (tertiary/aromatic N) is 3. The summed E-state index contributed by atoms with van der Waals surface area (Å²) < 4.78 is 55.8. The zero-order valence-electron chi connectivity index (χ0n) is 17.1. The van der Waals surface area contributed by atoms with Gasteiger partial charge in [0.1, 0.15) is 16.7 Å². The minimum absolute atomic E-state index is 0.0507. The van der Waals surface area contributed by atoms with Gasteiger partial charge in [-0.15, -0.1) is 0 Å². The predicted molar refractivity (Wildman–Crippen MR) is 109 cm³/mol. The van der Waals surface area contributed by atoms with Crippen molar-refractivity contribution in [1.82, 2.24) is 14.7 Å². The molecule has 0 radical (unpaired) electrons. The first kappa shape index (κ1) is 21.9. The van der Waals surface area contributed by atoms with Crippen LogP contribution < -0.4 is 5.32 Å². The Hall–Kier alpha value is -2.29. The molecule has 4 unspecified atom stereocenters. The summed E-state index contributed by atoms with van der Waals surface area (Å²) in [5.74, 6) is -0.995. The average Bonchev–Trinajstić information content (AvgIpc) is 3.03. The van der Waals surface area contributed by atoms with Crippen LogP contribution in [0.25, 0.3) is 0 Å². The molecular weight excluding hydrogens is 436 g/mol. The van der Waals surface area contributed by atoms with Crippen molar-refractivity contribution in [2.24, 2.45) is 0 Å². The Balaban J connectivity index is 1.74. The van der Waals surface area contributed by atoms with Crippen molar-refractivity contribution in [3.63, 3.8) is 0 Å². The maximum Gasteiger partial charge on any atom is 0.410 e. The lowest BCUT2D eigenvalue weighted by Crippen LogP contribution is -2.47. The van der Waals surface area contributed by atoms with E-state index in [0.29, 0.717) is 5.56 Å². The fourth-order valence-electron chi connectivity index (χ4n) is 4.58. The molecule has 0 bridgehead atoms. The molecule has 3 heterocycles. The highest BCUT2D eigenvalue weighted by atomic mass is 35.5. The Morgan fingerprint density at radius 2 is 1.77 bits per heavy atom. The Bertz CT molecular complexity index is 965. The number of nitrogens with one attached hydrogen (secondary N) is 1. The number of carbonyl (C=O) groups is 1. The largest absolute Gasteiger partial charge is 0.410 e. The lowest BCUT2D eigenvalue weighted by atomic mass is 9.96. The van der Waals surface area contributed by atoms with Crippen molar-refractivity contribution < 1.29 is 22.4 Å². The third kappa shape index (κ3) is 4.00. The third-order valence-corrected chi connectivity index (χ3v) is 6.56. The highest BCUT2D eigenvalue weighted by Crippen LogP contribution is 2.46. The fraction of sp³-hybridized carbons (Fsp3) is 0.524. The zero-order valence-corrected chi connectivity index (χ0v) is 17.8. The van der Waals surface area contributed by atoms with Gasteiger partial charge in [-0.25, -0.2) is 9.07 Å². The normalized spacial score (nSPS) is 26.4. The first-order valence-corrected chi connectivity index (χ1v) is 10.6. The first-order chi connectivity index (χ1) is 14.6. The van der Waals surface area contributed by atoms with Crippen LogP contribution in [0.5, 0.6) is 0 Å². The summed E-state index contributed by atoms with van der Waals surface area (Å²) in [6.07, 6.45) is -2.34. The predicted octanol–water partition coefficient (Wildman–Crippen LogP) is 5.74. The van der Waals surface area contributed by atoms with Gasteiger partial charge in [0.15, 0.2) is 11.7 Å². The number of piperidine rings is 1. The Morgan fingerprint density at radius 3 is 2.35 bits per heavy atom. The monoisotopic (exact) mass is 458 g/mol. The number of carbonyl (C=O) groups excluding carboxylic acids is 1. The van der Waals surface area contributed by atoms with Crippen LogP contribution in [0.2, 0.25) is 5.02 Å². The van der Waals surface area contributed by atoms with E-state index in [9.17, 15) is 22.4 Å². The molecule has 2 aliphatic rings. The Morgan fingerprint density at radius 1 is 1.16 bits per heavy atom. The first-order valence-electron chi connectivity index (χ1n) is 10.3. The van der Waals surface area contributed by atoms with Gasteiger partial charge in [-0.1, -0.05) is 23.7 Å². The SMILES string of the molecule is CC1CCCC(C)N1C(=O)c1nn2c(c1Cl)NC(c1ccc(F)cc1)CC2C(F)(F)F. The topological polar surface area (TPSA) is 50.2 Å². The number of fused-ring (bicyclic) bond motifs is 1. The smallest absolute Gasteiger partial charge is 0.362 e. The summed E-state index contributed by atoms with van der Waals surface area (Å²) in [4.78, 5) is 14.9. The zero-order chi connectivity index (χ0) is 22.5. The van der Waals surface area contributed by atoms with Gasteiger partial charge in [-0.3, -0.25) is 4.79 Å². The third-order valence-electron chi connectivity index (χ3n) is 6.20. The van der Waals surface area contributed by atoms with Crippen molar-refractivity contribution in [3.8, 4) is 0 Å². The van der Waals surface area contributed by atoms with E-state index in [0.717, 1.165) is 23.9 Å². The second kappa shape index (κ2) is 8.00. The summed E-state index contributed by atoms with van der Waals surface area (Å²) in [7, 11) is 0. The number of likely N-dealkylation sites (tertiary alicyclic amines) is 1. The van der Waals surface area contributed by atoms with E-state index in [1.54, 1.807) is 4.90 Å². The number of amides is 1. The summed E-state index contributed by atoms with van der Waals surface area (Å²) >= 11 is 6.42. The standard InChI is InChI=1S/C21H23ClF4N4O/c1-11-4-3-5-12(2)29(11)20(31)18-17(22)19-27-15(13-6-8-14(23)9-7-13)10-16(21(24,25)26)30(19)28-18/h6-9,11-12,15-16,27H,3-5,10H2,1-2H3. The molecule has 1 fully saturated rings. The number of benzene rings is 1. The molecule has 2 aliphatic heterocycles. The fourth-order valence-corrected chi connectivity index (χ4v) is 4.84. The molecule has 5 nitrogen and oxygen atoms in total. The van der Waals surface area contributed by atoms with E-state index in [1.165, 1.54) is 24.3 Å². The van der Waals surface area contributed by atoms with Gasteiger partial charge in [0.05, 0.1) is 6.04 Å². The highest BCUT2D eigenvalue weighted by Gasteiger charge is 2.48. The second-order valence-electron chi connectivity index (χ2n) is 8.34. The van der Waals surface area contributed by atoms with Crippen LogP contribution in [-0.2, 0) is 0 Å². The molecule has 168 valence electrons. The Kier molecular flexibility index (Phi) is 5.66. The molecule has 1 aromatic carbocycles. The van der Waals surface area contributed by atoms with Gasteiger partial charge >= 0.3 is 6.18 Å². The molecule has 1 aromatic heterocycles. The molecule has 0 aliphatic carbocycles. The molecule has 1 N–H and O–H groups in total. The maximum atomic E-state index is 13.9. The minimum Gasteiger partial charge on any atom is -0.362 e. The quantitative estimate of drug-likeness (QED) is 0.584. The van der Waals surface area contributed by atoms with Crippen molar-refractivity contribution >= 4 is 23.3 Å². The average molecular weight is 459 g/mol. The van der Waals surface area contributed by atoms with E-state index in [2.05, 4.69) is 10.4 Å². The Labute approximate surface area is 182 Å². The van der Waals surface area contributed by atoms with Crippen molar-refractivity contribution in [3.05, 3.63) is 46.4 Å². The summed E-state index contributed by atoms with van der Waals surface area (Å²) in [6.45, 7) is 3.83. The van der Waals surface area contributed by atoms with E-state index >= 15 is 0 Å². The van der Waals surface area contributed by atoms with Gasteiger partial charge < -0.3 is 10.2 Å². The molecule has 4 atom stereocenters. The highest BCUT2D eigenvalue weighted by molar-refractivity contribution is 6.36. The molecule has 2 aromatic rings. The van der Waals surface area contributed by atoms with Crippen molar-refractivity contribution in [1.29, 1.82) is 0 Å². The number of aromatic nitrogens is 2. The van der Waals surface area contributed by atoms with Crippen molar-refractivity contribution in [2.75, 3.05) is 5.32 Å². The lowest BCUT2D eigenvalue weighted by molar-refractivity contribution is -0.173. The van der Waals surface area contributed by atoms with Crippen LogP contribution in [0.15, 0.2) is 24.3 Å².